The maximum absolute atomic E-state index is 13.1. The van der Waals surface area contributed by atoms with E-state index in [1.54, 1.807) is 0 Å². The van der Waals surface area contributed by atoms with E-state index in [4.69, 9.17) is 0 Å². The zero-order valence-corrected chi connectivity index (χ0v) is 14.6. The molecule has 0 atom stereocenters. The molecule has 0 aliphatic heterocycles. The Labute approximate surface area is 152 Å². The summed E-state index contributed by atoms with van der Waals surface area (Å²) in [6.07, 6.45) is -10.0. The molecule has 2 aromatic heterocycles. The Kier molecular flexibility index (Phi) is 4.20. The second kappa shape index (κ2) is 5.97. The first kappa shape index (κ1) is 19.7. The monoisotopic (exact) mass is 406 g/mol. The fourth-order valence-electron chi connectivity index (χ4n) is 2.86. The molecular formula is C16H12F6N4O2. The second-order valence-corrected chi connectivity index (χ2v) is 6.17. The molecule has 0 aliphatic carbocycles. The summed E-state index contributed by atoms with van der Waals surface area (Å²) in [6, 6.07) is 1.03. The average molecular weight is 406 g/mol. The minimum atomic E-state index is -5.02. The zero-order valence-electron chi connectivity index (χ0n) is 14.6. The van der Waals surface area contributed by atoms with Crippen molar-refractivity contribution in [2.75, 3.05) is 0 Å². The number of imidazole rings is 1. The van der Waals surface area contributed by atoms with Gasteiger partial charge in [0, 0.05) is 26.7 Å². The van der Waals surface area contributed by atoms with Crippen molar-refractivity contribution in [1.82, 2.24) is 18.7 Å². The SMILES string of the molecule is Cn1c(=O)c2c(nc(-c3cc(C(F)(F)F)cc(C(F)(F)F)c3)n2C)n(C)c1=O. The predicted molar refractivity (Wildman–Crippen MR) is 86.6 cm³/mol. The number of nitrogens with zero attached hydrogens (tertiary/aromatic N) is 4. The Morgan fingerprint density at radius 3 is 1.75 bits per heavy atom. The van der Waals surface area contributed by atoms with Crippen LogP contribution in [0, 0.1) is 0 Å². The van der Waals surface area contributed by atoms with Crippen LogP contribution in [0.3, 0.4) is 0 Å². The van der Waals surface area contributed by atoms with Crippen LogP contribution in [0.15, 0.2) is 27.8 Å². The lowest BCUT2D eigenvalue weighted by Gasteiger charge is -2.14. The van der Waals surface area contributed by atoms with E-state index in [1.165, 1.54) is 21.1 Å². The van der Waals surface area contributed by atoms with Gasteiger partial charge >= 0.3 is 18.0 Å². The highest BCUT2D eigenvalue weighted by Crippen LogP contribution is 2.38. The lowest BCUT2D eigenvalue weighted by Crippen LogP contribution is -2.37. The highest BCUT2D eigenvalue weighted by atomic mass is 19.4. The molecule has 0 bridgehead atoms. The minimum Gasteiger partial charge on any atom is -0.321 e. The van der Waals surface area contributed by atoms with E-state index in [2.05, 4.69) is 4.98 Å². The smallest absolute Gasteiger partial charge is 0.321 e. The number of benzene rings is 1. The first-order valence-corrected chi connectivity index (χ1v) is 7.65. The van der Waals surface area contributed by atoms with Gasteiger partial charge in [-0.1, -0.05) is 0 Å². The summed E-state index contributed by atoms with van der Waals surface area (Å²) in [5.74, 6) is -0.315. The van der Waals surface area contributed by atoms with Crippen molar-refractivity contribution in [1.29, 1.82) is 0 Å². The summed E-state index contributed by atoms with van der Waals surface area (Å²) in [5, 5.41) is 0. The largest absolute Gasteiger partial charge is 0.416 e. The van der Waals surface area contributed by atoms with Crippen molar-refractivity contribution in [2.24, 2.45) is 21.1 Å². The van der Waals surface area contributed by atoms with Crippen molar-refractivity contribution in [3.63, 3.8) is 0 Å². The highest BCUT2D eigenvalue weighted by molar-refractivity contribution is 5.77. The molecule has 0 fully saturated rings. The van der Waals surface area contributed by atoms with Gasteiger partial charge in [0.05, 0.1) is 11.1 Å². The van der Waals surface area contributed by atoms with Crippen LogP contribution in [0.1, 0.15) is 11.1 Å². The number of rotatable bonds is 1. The fraction of sp³-hybridized carbons (Fsp3) is 0.312. The maximum atomic E-state index is 13.1. The van der Waals surface area contributed by atoms with Gasteiger partial charge < -0.3 is 4.57 Å². The molecule has 1 aromatic carbocycles. The van der Waals surface area contributed by atoms with Gasteiger partial charge in [-0.15, -0.1) is 0 Å². The van der Waals surface area contributed by atoms with Crippen LogP contribution in [-0.2, 0) is 33.5 Å². The van der Waals surface area contributed by atoms with Gasteiger partial charge in [0.1, 0.15) is 5.82 Å². The Morgan fingerprint density at radius 1 is 0.786 bits per heavy atom. The molecule has 0 spiro atoms. The van der Waals surface area contributed by atoms with Gasteiger partial charge in [-0.3, -0.25) is 13.9 Å². The van der Waals surface area contributed by atoms with Crippen LogP contribution in [0.2, 0.25) is 0 Å². The molecule has 0 radical (unpaired) electrons. The topological polar surface area (TPSA) is 61.8 Å². The van der Waals surface area contributed by atoms with Gasteiger partial charge in [-0.25, -0.2) is 9.78 Å². The molecule has 0 saturated carbocycles. The Hall–Kier alpha value is -3.05. The molecule has 2 heterocycles. The molecule has 0 saturated heterocycles. The molecule has 28 heavy (non-hydrogen) atoms. The van der Waals surface area contributed by atoms with E-state index in [0.29, 0.717) is 12.1 Å². The molecule has 0 unspecified atom stereocenters. The van der Waals surface area contributed by atoms with E-state index in [-0.39, 0.29) is 23.1 Å². The third-order valence-corrected chi connectivity index (χ3v) is 4.32. The molecule has 150 valence electrons. The van der Waals surface area contributed by atoms with Crippen LogP contribution in [0.4, 0.5) is 26.3 Å². The molecule has 0 amide bonds. The average Bonchev–Trinajstić information content (AvgIpc) is 2.93. The van der Waals surface area contributed by atoms with Crippen LogP contribution in [0.5, 0.6) is 0 Å². The minimum absolute atomic E-state index is 0.000923. The third-order valence-electron chi connectivity index (χ3n) is 4.32. The first-order valence-electron chi connectivity index (χ1n) is 7.65. The van der Waals surface area contributed by atoms with E-state index in [0.717, 1.165) is 13.7 Å². The lowest BCUT2D eigenvalue weighted by molar-refractivity contribution is -0.143. The summed E-state index contributed by atoms with van der Waals surface area (Å²) in [6.45, 7) is 0. The van der Waals surface area contributed by atoms with Crippen LogP contribution < -0.4 is 11.2 Å². The molecular weight excluding hydrogens is 394 g/mol. The Bertz CT molecular complexity index is 1180. The van der Waals surface area contributed by atoms with Gasteiger partial charge in [-0.05, 0) is 18.2 Å². The summed E-state index contributed by atoms with van der Waals surface area (Å²) in [5.41, 5.74) is -5.31. The summed E-state index contributed by atoms with van der Waals surface area (Å²) in [4.78, 5) is 28.3. The third kappa shape index (κ3) is 2.98. The van der Waals surface area contributed by atoms with Gasteiger partial charge in [-0.2, -0.15) is 26.3 Å². The van der Waals surface area contributed by atoms with E-state index < -0.39 is 40.3 Å². The van der Waals surface area contributed by atoms with Gasteiger partial charge in [0.25, 0.3) is 5.56 Å². The molecule has 0 aliphatic rings. The van der Waals surface area contributed by atoms with Crippen molar-refractivity contribution in [3.05, 3.63) is 50.2 Å². The zero-order chi connectivity index (χ0) is 21.2. The number of halogens is 6. The maximum Gasteiger partial charge on any atom is 0.416 e. The summed E-state index contributed by atoms with van der Waals surface area (Å²) >= 11 is 0. The van der Waals surface area contributed by atoms with E-state index in [1.807, 2.05) is 0 Å². The predicted octanol–water partition coefficient (Wildman–Crippen LogP) is 2.68. The molecule has 6 nitrogen and oxygen atoms in total. The molecule has 3 aromatic rings. The molecule has 0 N–H and O–H groups in total. The fourth-order valence-corrected chi connectivity index (χ4v) is 2.86. The van der Waals surface area contributed by atoms with Crippen LogP contribution in [-0.4, -0.2) is 18.7 Å². The normalized spacial score (nSPS) is 12.8. The number of hydrogen-bond donors (Lipinski definition) is 0. The van der Waals surface area contributed by atoms with E-state index in [9.17, 15) is 35.9 Å². The highest BCUT2D eigenvalue weighted by Gasteiger charge is 2.37. The van der Waals surface area contributed by atoms with Gasteiger partial charge in [0.2, 0.25) is 0 Å². The number of fused-ring (bicyclic) bond motifs is 1. The Morgan fingerprint density at radius 2 is 1.29 bits per heavy atom. The Balaban J connectivity index is 2.42. The summed E-state index contributed by atoms with van der Waals surface area (Å²) in [7, 11) is 3.75. The van der Waals surface area contributed by atoms with Crippen LogP contribution in [0.25, 0.3) is 22.6 Å². The van der Waals surface area contributed by atoms with Crippen molar-refractivity contribution < 1.29 is 26.3 Å². The number of hydrogen-bond acceptors (Lipinski definition) is 3. The van der Waals surface area contributed by atoms with E-state index >= 15 is 0 Å². The first-order chi connectivity index (χ1) is 12.7. The van der Waals surface area contributed by atoms with Gasteiger partial charge in [0.15, 0.2) is 11.2 Å². The van der Waals surface area contributed by atoms with Crippen molar-refractivity contribution in [3.8, 4) is 11.4 Å². The second-order valence-electron chi connectivity index (χ2n) is 6.17. The quantitative estimate of drug-likeness (QED) is 0.584. The lowest BCUT2D eigenvalue weighted by atomic mass is 10.0. The molecule has 12 heteroatoms. The number of aryl methyl sites for hydroxylation is 2. The van der Waals surface area contributed by atoms with Crippen molar-refractivity contribution in [2.45, 2.75) is 12.4 Å². The van der Waals surface area contributed by atoms with Crippen molar-refractivity contribution >= 4 is 11.2 Å². The summed E-state index contributed by atoms with van der Waals surface area (Å²) < 4.78 is 81.4. The number of alkyl halides is 6. The van der Waals surface area contributed by atoms with Crippen LogP contribution >= 0.6 is 0 Å². The number of aromatic nitrogens is 4. The standard InChI is InChI=1S/C16H12F6N4O2/c1-24-10-12(25(2)14(28)26(3)13(10)27)23-11(24)7-4-8(15(17,18)19)6-9(5-7)16(20,21)22/h4-6H,1-3H3. The molecule has 3 rings (SSSR count).